The van der Waals surface area contributed by atoms with Crippen LogP contribution in [0.4, 0.5) is 0 Å². The first-order chi connectivity index (χ1) is 8.56. The van der Waals surface area contributed by atoms with Crippen molar-refractivity contribution in [1.82, 2.24) is 9.80 Å². The number of carboxylic acids is 1. The van der Waals surface area contributed by atoms with Gasteiger partial charge in [-0.1, -0.05) is 6.42 Å². The molecule has 2 aliphatic heterocycles. The monoisotopic (exact) mass is 256 g/mol. The third-order valence-electron chi connectivity index (χ3n) is 4.17. The fourth-order valence-electron chi connectivity index (χ4n) is 3.20. The number of rotatable bonds is 4. The SMILES string of the molecule is CC1CN2CCCCC2CN1CC(O)CC(=O)O. The fourth-order valence-corrected chi connectivity index (χ4v) is 3.20. The highest BCUT2D eigenvalue weighted by Crippen LogP contribution is 2.24. The maximum Gasteiger partial charge on any atom is 0.306 e. The van der Waals surface area contributed by atoms with Gasteiger partial charge in [0.25, 0.3) is 0 Å². The molecule has 2 fully saturated rings. The van der Waals surface area contributed by atoms with E-state index in [0.717, 1.165) is 13.1 Å². The zero-order valence-corrected chi connectivity index (χ0v) is 11.1. The van der Waals surface area contributed by atoms with E-state index in [1.54, 1.807) is 0 Å². The number of piperazine rings is 1. The Morgan fingerprint density at radius 2 is 2.17 bits per heavy atom. The second kappa shape index (κ2) is 5.99. The molecule has 2 N–H and O–H groups in total. The molecule has 0 amide bonds. The van der Waals surface area contributed by atoms with Gasteiger partial charge in [-0.3, -0.25) is 14.6 Å². The summed E-state index contributed by atoms with van der Waals surface area (Å²) >= 11 is 0. The van der Waals surface area contributed by atoms with Crippen LogP contribution in [0.25, 0.3) is 0 Å². The van der Waals surface area contributed by atoms with Crippen LogP contribution in [0, 0.1) is 0 Å². The number of aliphatic hydroxyl groups excluding tert-OH is 1. The van der Waals surface area contributed by atoms with Crippen LogP contribution in [0.1, 0.15) is 32.6 Å². The zero-order valence-electron chi connectivity index (χ0n) is 11.1. The number of β-amino-alcohol motifs (C(OH)–C–C–N with tert-alkyl or cyclic N) is 1. The van der Waals surface area contributed by atoms with Crippen molar-refractivity contribution in [3.8, 4) is 0 Å². The summed E-state index contributed by atoms with van der Waals surface area (Å²) in [5.74, 6) is -0.925. The molecular formula is C13H24N2O3. The number of aliphatic carboxylic acids is 1. The Morgan fingerprint density at radius 1 is 1.39 bits per heavy atom. The van der Waals surface area contributed by atoms with Crippen molar-refractivity contribution in [3.05, 3.63) is 0 Å². The molecule has 2 saturated heterocycles. The number of hydrogen-bond donors (Lipinski definition) is 2. The van der Waals surface area contributed by atoms with Crippen LogP contribution in [0.15, 0.2) is 0 Å². The molecule has 0 saturated carbocycles. The lowest BCUT2D eigenvalue weighted by atomic mass is 9.97. The lowest BCUT2D eigenvalue weighted by Crippen LogP contribution is -2.59. The highest BCUT2D eigenvalue weighted by Gasteiger charge is 2.33. The first-order valence-electron chi connectivity index (χ1n) is 6.94. The van der Waals surface area contributed by atoms with E-state index >= 15 is 0 Å². The lowest BCUT2D eigenvalue weighted by Gasteiger charge is -2.48. The van der Waals surface area contributed by atoms with E-state index in [0.29, 0.717) is 18.6 Å². The molecular weight excluding hydrogens is 232 g/mol. The standard InChI is InChI=1S/C13H24N2O3/c1-10-7-14-5-3-2-4-11(14)8-15(10)9-12(16)6-13(17)18/h10-12,16H,2-9H2,1H3,(H,17,18). The number of aliphatic hydroxyl groups is 1. The third-order valence-corrected chi connectivity index (χ3v) is 4.17. The number of hydrogen-bond acceptors (Lipinski definition) is 4. The van der Waals surface area contributed by atoms with Gasteiger partial charge in [0.05, 0.1) is 12.5 Å². The Labute approximate surface area is 108 Å². The molecule has 0 aliphatic carbocycles. The van der Waals surface area contributed by atoms with Crippen molar-refractivity contribution in [1.29, 1.82) is 0 Å². The van der Waals surface area contributed by atoms with Crippen LogP contribution >= 0.6 is 0 Å². The van der Waals surface area contributed by atoms with E-state index in [9.17, 15) is 9.90 Å². The molecule has 0 radical (unpaired) electrons. The van der Waals surface area contributed by atoms with Gasteiger partial charge in [-0.2, -0.15) is 0 Å². The van der Waals surface area contributed by atoms with E-state index < -0.39 is 12.1 Å². The van der Waals surface area contributed by atoms with Crippen LogP contribution in [-0.2, 0) is 4.79 Å². The molecule has 2 heterocycles. The topological polar surface area (TPSA) is 64.0 Å². The van der Waals surface area contributed by atoms with Gasteiger partial charge in [0.15, 0.2) is 0 Å². The number of carbonyl (C=O) groups is 1. The second-order valence-corrected chi connectivity index (χ2v) is 5.70. The first kappa shape index (κ1) is 13.8. The summed E-state index contributed by atoms with van der Waals surface area (Å²) in [6, 6.07) is 1.01. The summed E-state index contributed by atoms with van der Waals surface area (Å²) in [6.45, 7) is 5.86. The minimum absolute atomic E-state index is 0.155. The largest absolute Gasteiger partial charge is 0.481 e. The molecule has 18 heavy (non-hydrogen) atoms. The summed E-state index contributed by atoms with van der Waals surface area (Å²) < 4.78 is 0. The average molecular weight is 256 g/mol. The first-order valence-corrected chi connectivity index (χ1v) is 6.94. The van der Waals surface area contributed by atoms with Gasteiger partial charge in [-0.15, -0.1) is 0 Å². The maximum atomic E-state index is 10.6. The predicted octanol–water partition coefficient (Wildman–Crippen LogP) is 0.381. The van der Waals surface area contributed by atoms with E-state index in [1.807, 2.05) is 0 Å². The van der Waals surface area contributed by atoms with Crippen molar-refractivity contribution in [2.45, 2.75) is 50.8 Å². The van der Waals surface area contributed by atoms with Gasteiger partial charge in [-0.25, -0.2) is 0 Å². The molecule has 5 nitrogen and oxygen atoms in total. The highest BCUT2D eigenvalue weighted by molar-refractivity contribution is 5.67. The number of piperidine rings is 1. The predicted molar refractivity (Wildman–Crippen MR) is 68.5 cm³/mol. The van der Waals surface area contributed by atoms with Crippen LogP contribution < -0.4 is 0 Å². The van der Waals surface area contributed by atoms with Crippen molar-refractivity contribution in [2.75, 3.05) is 26.2 Å². The van der Waals surface area contributed by atoms with Gasteiger partial charge in [0, 0.05) is 31.7 Å². The number of fused-ring (bicyclic) bond motifs is 1. The lowest BCUT2D eigenvalue weighted by molar-refractivity contribution is -0.139. The molecule has 5 heteroatoms. The Hall–Kier alpha value is -0.650. The zero-order chi connectivity index (χ0) is 13.1. The summed E-state index contributed by atoms with van der Waals surface area (Å²) in [4.78, 5) is 15.4. The molecule has 0 aromatic carbocycles. The van der Waals surface area contributed by atoms with Crippen molar-refractivity contribution in [2.24, 2.45) is 0 Å². The summed E-state index contributed by atoms with van der Waals surface area (Å²) in [5, 5.41) is 18.4. The van der Waals surface area contributed by atoms with Crippen LogP contribution in [0.3, 0.4) is 0 Å². The molecule has 104 valence electrons. The van der Waals surface area contributed by atoms with Gasteiger partial charge in [0.2, 0.25) is 0 Å². The molecule has 0 bridgehead atoms. The average Bonchev–Trinajstić information content (AvgIpc) is 2.29. The minimum Gasteiger partial charge on any atom is -0.481 e. The normalized spacial score (nSPS) is 31.9. The van der Waals surface area contributed by atoms with Gasteiger partial charge in [-0.05, 0) is 26.3 Å². The van der Waals surface area contributed by atoms with Crippen molar-refractivity contribution < 1.29 is 15.0 Å². The Kier molecular flexibility index (Phi) is 4.59. The van der Waals surface area contributed by atoms with E-state index in [-0.39, 0.29) is 6.42 Å². The van der Waals surface area contributed by atoms with Crippen LogP contribution in [0.5, 0.6) is 0 Å². The Balaban J connectivity index is 1.86. The fraction of sp³-hybridized carbons (Fsp3) is 0.923. The third kappa shape index (κ3) is 3.43. The van der Waals surface area contributed by atoms with Crippen molar-refractivity contribution in [3.63, 3.8) is 0 Å². The Bertz CT molecular complexity index is 298. The summed E-state index contributed by atoms with van der Waals surface area (Å²) in [5.41, 5.74) is 0. The minimum atomic E-state index is -0.925. The molecule has 2 rings (SSSR count). The quantitative estimate of drug-likeness (QED) is 0.761. The second-order valence-electron chi connectivity index (χ2n) is 5.70. The molecule has 0 spiro atoms. The van der Waals surface area contributed by atoms with Crippen molar-refractivity contribution >= 4 is 5.97 Å². The van der Waals surface area contributed by atoms with E-state index in [2.05, 4.69) is 16.7 Å². The van der Waals surface area contributed by atoms with Gasteiger partial charge in [0.1, 0.15) is 0 Å². The van der Waals surface area contributed by atoms with Gasteiger partial charge >= 0.3 is 5.97 Å². The summed E-state index contributed by atoms with van der Waals surface area (Å²) in [7, 11) is 0. The Morgan fingerprint density at radius 3 is 2.89 bits per heavy atom. The molecule has 3 atom stereocenters. The smallest absolute Gasteiger partial charge is 0.306 e. The summed E-state index contributed by atoms with van der Waals surface area (Å²) in [6.07, 6.45) is 2.92. The maximum absolute atomic E-state index is 10.6. The van der Waals surface area contributed by atoms with Gasteiger partial charge < -0.3 is 10.2 Å². The van der Waals surface area contributed by atoms with Crippen LogP contribution in [0.2, 0.25) is 0 Å². The van der Waals surface area contributed by atoms with E-state index in [4.69, 9.17) is 5.11 Å². The number of nitrogens with zero attached hydrogens (tertiary/aromatic N) is 2. The highest BCUT2D eigenvalue weighted by atomic mass is 16.4. The number of carboxylic acid groups (broad SMARTS) is 1. The van der Waals surface area contributed by atoms with E-state index in [1.165, 1.54) is 25.8 Å². The molecule has 2 aliphatic rings. The van der Waals surface area contributed by atoms with Crippen LogP contribution in [-0.4, -0.2) is 70.3 Å². The molecule has 3 unspecified atom stereocenters. The molecule has 0 aromatic rings. The molecule has 0 aromatic heterocycles.